The highest BCUT2D eigenvalue weighted by molar-refractivity contribution is 5.78. The molecule has 2 aromatic carbocycles. The number of nitrogens with zero attached hydrogens (tertiary/aromatic N) is 2. The third-order valence-electron chi connectivity index (χ3n) is 4.22. The molecular formula is C19H17N3O4. The van der Waals surface area contributed by atoms with Crippen molar-refractivity contribution >= 4 is 16.8 Å². The Kier molecular flexibility index (Phi) is 4.27. The van der Waals surface area contributed by atoms with Gasteiger partial charge in [-0.2, -0.15) is 0 Å². The van der Waals surface area contributed by atoms with Crippen LogP contribution in [0.3, 0.4) is 0 Å². The summed E-state index contributed by atoms with van der Waals surface area (Å²) < 4.78 is 11.9. The van der Waals surface area contributed by atoms with Gasteiger partial charge in [-0.15, -0.1) is 0 Å². The molecule has 3 aromatic rings. The van der Waals surface area contributed by atoms with Crippen molar-refractivity contribution in [3.8, 4) is 11.5 Å². The molecule has 0 fully saturated rings. The topological polar surface area (TPSA) is 82.5 Å². The van der Waals surface area contributed by atoms with Crippen molar-refractivity contribution in [2.75, 3.05) is 13.3 Å². The van der Waals surface area contributed by atoms with E-state index in [9.17, 15) is 9.59 Å². The molecular weight excluding hydrogens is 334 g/mol. The van der Waals surface area contributed by atoms with Gasteiger partial charge >= 0.3 is 0 Å². The Morgan fingerprint density at radius 3 is 2.92 bits per heavy atom. The van der Waals surface area contributed by atoms with Gasteiger partial charge in [0.1, 0.15) is 6.54 Å². The number of nitrogens with one attached hydrogen (secondary N) is 1. The van der Waals surface area contributed by atoms with Gasteiger partial charge in [0.2, 0.25) is 12.7 Å². The quantitative estimate of drug-likeness (QED) is 0.753. The number of carbonyl (C=O) groups is 1. The average molecular weight is 351 g/mol. The van der Waals surface area contributed by atoms with Crippen molar-refractivity contribution in [1.82, 2.24) is 14.9 Å². The molecule has 1 aromatic heterocycles. The summed E-state index contributed by atoms with van der Waals surface area (Å²) in [6.45, 7) is 0.649. The molecule has 1 amide bonds. The zero-order chi connectivity index (χ0) is 17.9. The maximum absolute atomic E-state index is 12.4. The lowest BCUT2D eigenvalue weighted by molar-refractivity contribution is -0.121. The SMILES string of the molecule is O=C(Cn1cnc2ccccc2c1=O)NCCc1ccc2c(c1)OCO2. The van der Waals surface area contributed by atoms with Crippen molar-refractivity contribution in [3.05, 3.63) is 64.7 Å². The van der Waals surface area contributed by atoms with Crippen molar-refractivity contribution in [2.24, 2.45) is 0 Å². The first-order valence-electron chi connectivity index (χ1n) is 8.30. The molecule has 1 aliphatic heterocycles. The molecule has 0 unspecified atom stereocenters. The van der Waals surface area contributed by atoms with Gasteiger partial charge in [-0.1, -0.05) is 18.2 Å². The third kappa shape index (κ3) is 3.23. The molecule has 0 aliphatic carbocycles. The fraction of sp³-hybridized carbons (Fsp3) is 0.211. The molecule has 1 N–H and O–H groups in total. The summed E-state index contributed by atoms with van der Waals surface area (Å²) >= 11 is 0. The summed E-state index contributed by atoms with van der Waals surface area (Å²) in [5, 5.41) is 3.33. The number of para-hydroxylation sites is 1. The van der Waals surface area contributed by atoms with E-state index >= 15 is 0 Å². The summed E-state index contributed by atoms with van der Waals surface area (Å²) in [7, 11) is 0. The molecule has 0 atom stereocenters. The van der Waals surface area contributed by atoms with E-state index in [1.807, 2.05) is 24.3 Å². The van der Waals surface area contributed by atoms with Crippen LogP contribution in [0.1, 0.15) is 5.56 Å². The van der Waals surface area contributed by atoms with Crippen molar-refractivity contribution in [3.63, 3.8) is 0 Å². The fourth-order valence-corrected chi connectivity index (χ4v) is 2.87. The lowest BCUT2D eigenvalue weighted by atomic mass is 10.1. The predicted molar refractivity (Wildman–Crippen MR) is 95.3 cm³/mol. The molecule has 4 rings (SSSR count). The van der Waals surface area contributed by atoms with Gasteiger partial charge in [0, 0.05) is 6.54 Å². The molecule has 26 heavy (non-hydrogen) atoms. The summed E-state index contributed by atoms with van der Waals surface area (Å²) in [4.78, 5) is 28.7. The minimum atomic E-state index is -0.232. The molecule has 1 aliphatic rings. The monoisotopic (exact) mass is 351 g/mol. The smallest absolute Gasteiger partial charge is 0.261 e. The highest BCUT2D eigenvalue weighted by atomic mass is 16.7. The van der Waals surface area contributed by atoms with Crippen LogP contribution in [0.2, 0.25) is 0 Å². The van der Waals surface area contributed by atoms with Crippen LogP contribution < -0.4 is 20.3 Å². The van der Waals surface area contributed by atoms with Crippen LogP contribution in [0.25, 0.3) is 10.9 Å². The normalized spacial score (nSPS) is 12.3. The first-order chi connectivity index (χ1) is 12.7. The number of carbonyl (C=O) groups excluding carboxylic acids is 1. The van der Waals surface area contributed by atoms with Crippen LogP contribution in [0, 0.1) is 0 Å². The number of hydrogen-bond donors (Lipinski definition) is 1. The Hall–Kier alpha value is -3.35. The molecule has 2 heterocycles. The summed E-state index contributed by atoms with van der Waals surface area (Å²) in [6, 6.07) is 12.8. The van der Waals surface area contributed by atoms with Crippen LogP contribution in [0.4, 0.5) is 0 Å². The largest absolute Gasteiger partial charge is 0.454 e. The van der Waals surface area contributed by atoms with Crippen LogP contribution >= 0.6 is 0 Å². The number of rotatable bonds is 5. The second-order valence-corrected chi connectivity index (χ2v) is 5.98. The maximum atomic E-state index is 12.4. The zero-order valence-corrected chi connectivity index (χ0v) is 14.0. The first kappa shape index (κ1) is 16.1. The van der Waals surface area contributed by atoms with E-state index < -0.39 is 0 Å². The van der Waals surface area contributed by atoms with E-state index in [1.165, 1.54) is 10.9 Å². The Morgan fingerprint density at radius 1 is 1.15 bits per heavy atom. The van der Waals surface area contributed by atoms with Crippen LogP contribution in [-0.4, -0.2) is 28.8 Å². The molecule has 0 radical (unpaired) electrons. The van der Waals surface area contributed by atoms with Gasteiger partial charge in [-0.25, -0.2) is 4.98 Å². The highest BCUT2D eigenvalue weighted by Crippen LogP contribution is 2.32. The van der Waals surface area contributed by atoms with E-state index in [0.717, 1.165) is 17.1 Å². The average Bonchev–Trinajstić information content (AvgIpc) is 3.12. The van der Waals surface area contributed by atoms with Gasteiger partial charge in [0.05, 0.1) is 17.2 Å². The fourth-order valence-electron chi connectivity index (χ4n) is 2.87. The Balaban J connectivity index is 1.36. The van der Waals surface area contributed by atoms with Gasteiger partial charge in [0.25, 0.3) is 5.56 Å². The number of ether oxygens (including phenoxy) is 2. The Bertz CT molecular complexity index is 1030. The van der Waals surface area contributed by atoms with Gasteiger partial charge < -0.3 is 14.8 Å². The second kappa shape index (κ2) is 6.87. The number of benzene rings is 2. The molecule has 0 spiro atoms. The number of aromatic nitrogens is 2. The summed E-state index contributed by atoms with van der Waals surface area (Å²) in [6.07, 6.45) is 2.06. The lowest BCUT2D eigenvalue weighted by Gasteiger charge is -2.08. The summed E-state index contributed by atoms with van der Waals surface area (Å²) in [5.74, 6) is 1.23. The van der Waals surface area contributed by atoms with E-state index in [0.29, 0.717) is 23.9 Å². The zero-order valence-electron chi connectivity index (χ0n) is 14.0. The van der Waals surface area contributed by atoms with Crippen LogP contribution in [-0.2, 0) is 17.8 Å². The Labute approximate surface area is 149 Å². The number of amides is 1. The minimum Gasteiger partial charge on any atom is -0.454 e. The maximum Gasteiger partial charge on any atom is 0.261 e. The van der Waals surface area contributed by atoms with E-state index in [4.69, 9.17) is 9.47 Å². The van der Waals surface area contributed by atoms with Gasteiger partial charge in [0.15, 0.2) is 11.5 Å². The van der Waals surface area contributed by atoms with Crippen molar-refractivity contribution in [1.29, 1.82) is 0 Å². The highest BCUT2D eigenvalue weighted by Gasteiger charge is 2.13. The predicted octanol–water partition coefficient (Wildman–Crippen LogP) is 1.48. The van der Waals surface area contributed by atoms with E-state index in [2.05, 4.69) is 10.3 Å². The molecule has 0 bridgehead atoms. The molecule has 7 heteroatoms. The summed E-state index contributed by atoms with van der Waals surface area (Å²) in [5.41, 5.74) is 1.44. The standard InChI is InChI=1S/C19H17N3O4/c23-18(10-22-11-21-15-4-2-1-3-14(15)19(22)24)20-8-7-13-5-6-16-17(9-13)26-12-25-16/h1-6,9,11H,7-8,10,12H2,(H,20,23). The second-order valence-electron chi connectivity index (χ2n) is 5.98. The van der Waals surface area contributed by atoms with E-state index in [-0.39, 0.29) is 24.8 Å². The van der Waals surface area contributed by atoms with Gasteiger partial charge in [-0.3, -0.25) is 14.2 Å². The Morgan fingerprint density at radius 2 is 2.00 bits per heavy atom. The molecule has 132 valence electrons. The van der Waals surface area contributed by atoms with Gasteiger partial charge in [-0.05, 0) is 36.2 Å². The van der Waals surface area contributed by atoms with Crippen molar-refractivity contribution in [2.45, 2.75) is 13.0 Å². The number of hydrogen-bond acceptors (Lipinski definition) is 5. The third-order valence-corrected chi connectivity index (χ3v) is 4.22. The van der Waals surface area contributed by atoms with Crippen LogP contribution in [0.15, 0.2) is 53.6 Å². The first-order valence-corrected chi connectivity index (χ1v) is 8.30. The molecule has 7 nitrogen and oxygen atoms in total. The van der Waals surface area contributed by atoms with Crippen molar-refractivity contribution < 1.29 is 14.3 Å². The lowest BCUT2D eigenvalue weighted by Crippen LogP contribution is -2.33. The molecule has 0 saturated heterocycles. The van der Waals surface area contributed by atoms with E-state index in [1.54, 1.807) is 18.2 Å². The van der Waals surface area contributed by atoms with Crippen LogP contribution in [0.5, 0.6) is 11.5 Å². The minimum absolute atomic E-state index is 0.0577. The number of fused-ring (bicyclic) bond motifs is 2. The molecule has 0 saturated carbocycles.